The van der Waals surface area contributed by atoms with Crippen molar-refractivity contribution in [1.82, 2.24) is 4.31 Å². The first-order valence-electron chi connectivity index (χ1n) is 6.52. The lowest BCUT2D eigenvalue weighted by Gasteiger charge is -2.21. The number of esters is 1. The number of ether oxygens (including phenoxy) is 1. The van der Waals surface area contributed by atoms with Crippen molar-refractivity contribution in [3.63, 3.8) is 0 Å². The van der Waals surface area contributed by atoms with E-state index in [2.05, 4.69) is 4.74 Å². The van der Waals surface area contributed by atoms with Crippen LogP contribution in [0.3, 0.4) is 0 Å². The Morgan fingerprint density at radius 2 is 2.10 bits per heavy atom. The van der Waals surface area contributed by atoms with Crippen LogP contribution >= 0.6 is 11.8 Å². The molecule has 0 aliphatic carbocycles. The zero-order valence-corrected chi connectivity index (χ0v) is 13.4. The average Bonchev–Trinajstić information content (AvgIpc) is 2.75. The van der Waals surface area contributed by atoms with Gasteiger partial charge in [0.2, 0.25) is 10.0 Å². The molecular weight excluding hydrogens is 312 g/mol. The molecule has 0 unspecified atom stereocenters. The number of nitrogen functional groups attached to an aromatic ring is 1. The summed E-state index contributed by atoms with van der Waals surface area (Å²) < 4.78 is 31.6. The molecule has 2 rings (SSSR count). The van der Waals surface area contributed by atoms with Gasteiger partial charge in [-0.15, -0.1) is 0 Å². The predicted octanol–water partition coefficient (Wildman–Crippen LogP) is 1.18. The fourth-order valence-corrected chi connectivity index (χ4v) is 4.79. The van der Waals surface area contributed by atoms with Crippen LogP contribution in [0, 0.1) is 0 Å². The van der Waals surface area contributed by atoms with Gasteiger partial charge < -0.3 is 10.5 Å². The van der Waals surface area contributed by atoms with Crippen molar-refractivity contribution in [3.05, 3.63) is 23.8 Å². The molecule has 1 saturated heterocycles. The highest BCUT2D eigenvalue weighted by Gasteiger charge is 2.30. The quantitative estimate of drug-likeness (QED) is 0.661. The molecule has 0 amide bonds. The standard InChI is InChI=1S/C13H18N2O4S2/c1-19-13(16)11-9-10(14)3-4-12(11)21(17,18)15-5-2-7-20-8-6-15/h3-4,9H,2,5-8,14H2,1H3. The van der Waals surface area contributed by atoms with Gasteiger partial charge in [-0.05, 0) is 30.4 Å². The van der Waals surface area contributed by atoms with E-state index in [1.807, 2.05) is 0 Å². The summed E-state index contributed by atoms with van der Waals surface area (Å²) in [6.45, 7) is 0.901. The topological polar surface area (TPSA) is 89.7 Å². The van der Waals surface area contributed by atoms with Crippen molar-refractivity contribution in [2.45, 2.75) is 11.3 Å². The first kappa shape index (κ1) is 16.1. The summed E-state index contributed by atoms with van der Waals surface area (Å²) in [6, 6.07) is 4.19. The molecule has 0 radical (unpaired) electrons. The van der Waals surface area contributed by atoms with Crippen LogP contribution in [-0.4, -0.2) is 50.4 Å². The van der Waals surface area contributed by atoms with Gasteiger partial charge in [0.15, 0.2) is 0 Å². The third-order valence-corrected chi connectivity index (χ3v) is 6.21. The largest absolute Gasteiger partial charge is 0.465 e. The van der Waals surface area contributed by atoms with Gasteiger partial charge in [-0.2, -0.15) is 16.1 Å². The highest BCUT2D eigenvalue weighted by molar-refractivity contribution is 7.99. The minimum absolute atomic E-state index is 0.0191. The van der Waals surface area contributed by atoms with E-state index in [4.69, 9.17) is 5.73 Å². The molecule has 1 heterocycles. The lowest BCUT2D eigenvalue weighted by molar-refractivity contribution is 0.0596. The molecule has 1 fully saturated rings. The van der Waals surface area contributed by atoms with E-state index in [1.165, 1.54) is 29.6 Å². The molecule has 1 aromatic rings. The van der Waals surface area contributed by atoms with Crippen LogP contribution in [0.25, 0.3) is 0 Å². The maximum Gasteiger partial charge on any atom is 0.339 e. The van der Waals surface area contributed by atoms with E-state index in [0.29, 0.717) is 18.8 Å². The summed E-state index contributed by atoms with van der Waals surface area (Å²) in [7, 11) is -2.51. The number of anilines is 1. The number of sulfonamides is 1. The minimum atomic E-state index is -3.72. The number of hydrogen-bond acceptors (Lipinski definition) is 6. The normalized spacial score (nSPS) is 17.2. The Labute approximate surface area is 128 Å². The number of carbonyl (C=O) groups excluding carboxylic acids is 1. The summed E-state index contributed by atoms with van der Waals surface area (Å²) in [6.07, 6.45) is 0.798. The smallest absolute Gasteiger partial charge is 0.339 e. The molecule has 0 spiro atoms. The molecule has 116 valence electrons. The second kappa shape index (κ2) is 6.67. The van der Waals surface area contributed by atoms with E-state index < -0.39 is 16.0 Å². The number of thioether (sulfide) groups is 1. The molecule has 0 atom stereocenters. The van der Waals surface area contributed by atoms with Crippen LogP contribution in [-0.2, 0) is 14.8 Å². The maximum absolute atomic E-state index is 12.8. The van der Waals surface area contributed by atoms with E-state index in [1.54, 1.807) is 11.8 Å². The summed E-state index contributed by atoms with van der Waals surface area (Å²) in [5.74, 6) is 0.990. The Morgan fingerprint density at radius 3 is 2.81 bits per heavy atom. The van der Waals surface area contributed by atoms with Crippen LogP contribution in [0.15, 0.2) is 23.1 Å². The minimum Gasteiger partial charge on any atom is -0.465 e. The van der Waals surface area contributed by atoms with Gasteiger partial charge in [0.1, 0.15) is 0 Å². The third kappa shape index (κ3) is 3.50. The first-order valence-corrected chi connectivity index (χ1v) is 9.12. The number of carbonyl (C=O) groups is 1. The van der Waals surface area contributed by atoms with Gasteiger partial charge in [0, 0.05) is 24.5 Å². The number of benzene rings is 1. The second-order valence-corrected chi connectivity index (χ2v) is 7.75. The summed E-state index contributed by atoms with van der Waals surface area (Å²) in [5, 5.41) is 0. The van der Waals surface area contributed by atoms with Gasteiger partial charge in [0.25, 0.3) is 0 Å². The van der Waals surface area contributed by atoms with Crippen LogP contribution in [0.5, 0.6) is 0 Å². The number of nitrogens with two attached hydrogens (primary N) is 1. The van der Waals surface area contributed by atoms with Crippen LogP contribution < -0.4 is 5.73 Å². The van der Waals surface area contributed by atoms with Crippen molar-refractivity contribution in [1.29, 1.82) is 0 Å². The van der Waals surface area contributed by atoms with Crippen molar-refractivity contribution in [2.24, 2.45) is 0 Å². The Hall–Kier alpha value is -1.25. The average molecular weight is 330 g/mol. The van der Waals surface area contributed by atoms with Gasteiger partial charge in [0.05, 0.1) is 17.6 Å². The lowest BCUT2D eigenvalue weighted by atomic mass is 10.2. The monoisotopic (exact) mass is 330 g/mol. The molecule has 8 heteroatoms. The summed E-state index contributed by atoms with van der Waals surface area (Å²) >= 11 is 1.73. The van der Waals surface area contributed by atoms with Gasteiger partial charge in [-0.1, -0.05) is 0 Å². The fourth-order valence-electron chi connectivity index (χ4n) is 2.14. The van der Waals surface area contributed by atoms with E-state index in [9.17, 15) is 13.2 Å². The van der Waals surface area contributed by atoms with Crippen LogP contribution in [0.2, 0.25) is 0 Å². The highest BCUT2D eigenvalue weighted by Crippen LogP contribution is 2.25. The first-order chi connectivity index (χ1) is 9.96. The molecule has 1 aromatic carbocycles. The molecule has 0 bridgehead atoms. The molecule has 1 aliphatic heterocycles. The van der Waals surface area contributed by atoms with Gasteiger partial charge in [-0.3, -0.25) is 0 Å². The highest BCUT2D eigenvalue weighted by atomic mass is 32.2. The number of hydrogen-bond donors (Lipinski definition) is 1. The number of methoxy groups -OCH3 is 1. The molecule has 1 aliphatic rings. The zero-order valence-electron chi connectivity index (χ0n) is 11.7. The summed E-state index contributed by atoms with van der Waals surface area (Å²) in [4.78, 5) is 11.8. The van der Waals surface area contributed by atoms with Crippen molar-refractivity contribution >= 4 is 33.4 Å². The fraction of sp³-hybridized carbons (Fsp3) is 0.462. The van der Waals surface area contributed by atoms with E-state index in [0.717, 1.165) is 17.9 Å². The van der Waals surface area contributed by atoms with Crippen molar-refractivity contribution in [3.8, 4) is 0 Å². The Balaban J connectivity index is 2.46. The molecule has 2 N–H and O–H groups in total. The molecule has 0 aromatic heterocycles. The van der Waals surface area contributed by atoms with Crippen molar-refractivity contribution in [2.75, 3.05) is 37.4 Å². The second-order valence-electron chi connectivity index (χ2n) is 4.62. The van der Waals surface area contributed by atoms with E-state index >= 15 is 0 Å². The predicted molar refractivity (Wildman–Crippen MR) is 82.9 cm³/mol. The molecule has 21 heavy (non-hydrogen) atoms. The van der Waals surface area contributed by atoms with Crippen LogP contribution in [0.4, 0.5) is 5.69 Å². The lowest BCUT2D eigenvalue weighted by Crippen LogP contribution is -2.34. The SMILES string of the molecule is COC(=O)c1cc(N)ccc1S(=O)(=O)N1CCCSCC1. The van der Waals surface area contributed by atoms with E-state index in [-0.39, 0.29) is 10.5 Å². The third-order valence-electron chi connectivity index (χ3n) is 3.21. The molecule has 0 saturated carbocycles. The summed E-state index contributed by atoms with van der Waals surface area (Å²) in [5.41, 5.74) is 5.95. The number of nitrogens with zero attached hydrogens (tertiary/aromatic N) is 1. The van der Waals surface area contributed by atoms with Crippen LogP contribution in [0.1, 0.15) is 16.8 Å². The Morgan fingerprint density at radius 1 is 1.33 bits per heavy atom. The van der Waals surface area contributed by atoms with Gasteiger partial charge in [-0.25, -0.2) is 13.2 Å². The number of rotatable bonds is 3. The van der Waals surface area contributed by atoms with Gasteiger partial charge >= 0.3 is 5.97 Å². The zero-order chi connectivity index (χ0) is 15.5. The molecule has 6 nitrogen and oxygen atoms in total. The molecular formula is C13H18N2O4S2. The van der Waals surface area contributed by atoms with Crippen molar-refractivity contribution < 1.29 is 17.9 Å². The maximum atomic E-state index is 12.8. The Bertz CT molecular complexity index is 623. The Kier molecular flexibility index (Phi) is 5.13.